The molecular weight excluding hydrogens is 300 g/mol. The van der Waals surface area contributed by atoms with Crippen LogP contribution in [0.3, 0.4) is 0 Å². The lowest BCUT2D eigenvalue weighted by Gasteiger charge is -2.09. The van der Waals surface area contributed by atoms with Crippen LogP contribution in [0.2, 0.25) is 5.02 Å². The third-order valence-corrected chi connectivity index (χ3v) is 3.17. The first-order valence-corrected chi connectivity index (χ1v) is 6.45. The van der Waals surface area contributed by atoms with Crippen molar-refractivity contribution >= 4 is 23.3 Å². The number of rotatable bonds is 4. The first kappa shape index (κ1) is 15.3. The molecule has 0 amide bonds. The number of methoxy groups -OCH3 is 1. The van der Waals surface area contributed by atoms with E-state index in [2.05, 4.69) is 10.1 Å². The lowest BCUT2D eigenvalue weighted by Crippen LogP contribution is -2.07. The Morgan fingerprint density at radius 2 is 2.05 bits per heavy atom. The molecule has 0 aliphatic heterocycles. The first-order valence-electron chi connectivity index (χ1n) is 6.07. The molecule has 2 aromatic carbocycles. The second-order valence-corrected chi connectivity index (χ2v) is 4.67. The van der Waals surface area contributed by atoms with E-state index in [0.717, 1.165) is 0 Å². The summed E-state index contributed by atoms with van der Waals surface area (Å²) in [5.41, 5.74) is 0.634. The molecule has 0 saturated heterocycles. The van der Waals surface area contributed by atoms with Crippen molar-refractivity contribution in [3.8, 4) is 0 Å². The Kier molecular flexibility index (Phi) is 4.75. The second kappa shape index (κ2) is 6.54. The Hall–Kier alpha value is -2.14. The summed E-state index contributed by atoms with van der Waals surface area (Å²) in [7, 11) is 1.18. The predicted octanol–water partition coefficient (Wildman–Crippen LogP) is 4.02. The van der Waals surface area contributed by atoms with Crippen LogP contribution < -0.4 is 5.32 Å². The summed E-state index contributed by atoms with van der Waals surface area (Å²) in [6, 6.07) is 8.65. The van der Waals surface area contributed by atoms with E-state index in [1.807, 2.05) is 0 Å². The van der Waals surface area contributed by atoms with Crippen molar-refractivity contribution in [3.05, 3.63) is 64.2 Å². The van der Waals surface area contributed by atoms with Crippen LogP contribution in [0.25, 0.3) is 0 Å². The predicted molar refractivity (Wildman–Crippen MR) is 76.5 cm³/mol. The molecule has 21 heavy (non-hydrogen) atoms. The number of hydrogen-bond donors (Lipinski definition) is 1. The topological polar surface area (TPSA) is 38.3 Å². The number of ether oxygens (including phenoxy) is 1. The molecule has 0 aliphatic carbocycles. The van der Waals surface area contributed by atoms with Crippen molar-refractivity contribution in [2.45, 2.75) is 6.54 Å². The van der Waals surface area contributed by atoms with Gasteiger partial charge in [-0.15, -0.1) is 0 Å². The molecule has 0 fully saturated rings. The van der Waals surface area contributed by atoms with Gasteiger partial charge in [0, 0.05) is 6.54 Å². The largest absolute Gasteiger partial charge is 0.465 e. The zero-order valence-electron chi connectivity index (χ0n) is 11.1. The summed E-state index contributed by atoms with van der Waals surface area (Å²) in [5, 5.41) is 2.82. The van der Waals surface area contributed by atoms with Gasteiger partial charge in [-0.1, -0.05) is 23.7 Å². The summed E-state index contributed by atoms with van der Waals surface area (Å²) in [5.74, 6) is -1.99. The molecule has 0 heterocycles. The van der Waals surface area contributed by atoms with E-state index in [4.69, 9.17) is 11.6 Å². The summed E-state index contributed by atoms with van der Waals surface area (Å²) < 4.78 is 31.9. The number of nitrogens with one attached hydrogen (secondary N) is 1. The fourth-order valence-electron chi connectivity index (χ4n) is 1.78. The van der Waals surface area contributed by atoms with Crippen molar-refractivity contribution in [1.29, 1.82) is 0 Å². The molecular formula is C15H12ClF2NO2. The number of benzene rings is 2. The maximum Gasteiger partial charge on any atom is 0.340 e. The third-order valence-electron chi connectivity index (χ3n) is 2.87. The van der Waals surface area contributed by atoms with Gasteiger partial charge in [0.05, 0.1) is 23.4 Å². The van der Waals surface area contributed by atoms with Gasteiger partial charge in [0.1, 0.15) is 5.82 Å². The summed E-state index contributed by atoms with van der Waals surface area (Å²) in [4.78, 5) is 11.3. The summed E-state index contributed by atoms with van der Waals surface area (Å²) in [6.45, 7) is 0.190. The van der Waals surface area contributed by atoms with E-state index < -0.39 is 17.6 Å². The van der Waals surface area contributed by atoms with E-state index in [1.165, 1.54) is 31.4 Å². The molecule has 2 rings (SSSR count). The van der Waals surface area contributed by atoms with Crippen LogP contribution in [0.5, 0.6) is 0 Å². The minimum atomic E-state index is -0.743. The molecule has 1 N–H and O–H groups in total. The van der Waals surface area contributed by atoms with Crippen LogP contribution in [0.1, 0.15) is 15.9 Å². The highest BCUT2D eigenvalue weighted by Gasteiger charge is 2.12. The maximum atomic E-state index is 13.7. The zero-order valence-corrected chi connectivity index (χ0v) is 11.9. The van der Waals surface area contributed by atoms with E-state index in [0.29, 0.717) is 5.56 Å². The van der Waals surface area contributed by atoms with Gasteiger partial charge in [0.15, 0.2) is 5.82 Å². The maximum absolute atomic E-state index is 13.7. The van der Waals surface area contributed by atoms with Crippen LogP contribution in [-0.2, 0) is 11.3 Å². The highest BCUT2D eigenvalue weighted by Crippen LogP contribution is 2.22. The van der Waals surface area contributed by atoms with E-state index >= 15 is 0 Å². The first-order chi connectivity index (χ1) is 10.0. The quantitative estimate of drug-likeness (QED) is 0.867. The molecule has 3 nitrogen and oxygen atoms in total. The normalized spacial score (nSPS) is 10.3. The average Bonchev–Trinajstić information content (AvgIpc) is 2.48. The number of halogens is 3. The average molecular weight is 312 g/mol. The summed E-state index contributed by atoms with van der Waals surface area (Å²) in [6.07, 6.45) is 0. The molecule has 0 unspecified atom stereocenters. The smallest absolute Gasteiger partial charge is 0.340 e. The molecule has 0 atom stereocenters. The van der Waals surface area contributed by atoms with Crippen molar-refractivity contribution in [2.24, 2.45) is 0 Å². The van der Waals surface area contributed by atoms with Crippen LogP contribution in [-0.4, -0.2) is 13.1 Å². The van der Waals surface area contributed by atoms with Gasteiger partial charge in [-0.2, -0.15) is 0 Å². The fourth-order valence-corrected chi connectivity index (χ4v) is 1.96. The van der Waals surface area contributed by atoms with Crippen molar-refractivity contribution in [2.75, 3.05) is 12.4 Å². The molecule has 0 radical (unpaired) electrons. The van der Waals surface area contributed by atoms with Crippen LogP contribution in [0.15, 0.2) is 36.4 Å². The molecule has 0 spiro atoms. The third kappa shape index (κ3) is 3.49. The highest BCUT2D eigenvalue weighted by molar-refractivity contribution is 6.31. The summed E-state index contributed by atoms with van der Waals surface area (Å²) >= 11 is 5.67. The van der Waals surface area contributed by atoms with E-state index in [-0.39, 0.29) is 22.8 Å². The Morgan fingerprint density at radius 3 is 2.71 bits per heavy atom. The van der Waals surface area contributed by atoms with Crippen molar-refractivity contribution in [3.63, 3.8) is 0 Å². The molecule has 0 aromatic heterocycles. The van der Waals surface area contributed by atoms with Crippen LogP contribution >= 0.6 is 11.6 Å². The van der Waals surface area contributed by atoms with Gasteiger partial charge >= 0.3 is 5.97 Å². The van der Waals surface area contributed by atoms with Gasteiger partial charge in [-0.3, -0.25) is 0 Å². The zero-order chi connectivity index (χ0) is 15.4. The van der Waals surface area contributed by atoms with Crippen LogP contribution in [0.4, 0.5) is 14.5 Å². The van der Waals surface area contributed by atoms with Gasteiger partial charge in [-0.25, -0.2) is 13.6 Å². The minimum absolute atomic E-state index is 0.00668. The Balaban J connectivity index is 2.12. The standard InChI is InChI=1S/C15H12ClF2NO2/c1-21-15(20)10-6-5-9(7-12(10)17)8-19-13-4-2-3-11(16)14(13)18/h2-7,19H,8H2,1H3. The Morgan fingerprint density at radius 1 is 1.29 bits per heavy atom. The van der Waals surface area contributed by atoms with Gasteiger partial charge in [-0.05, 0) is 29.8 Å². The van der Waals surface area contributed by atoms with Crippen LogP contribution in [0, 0.1) is 11.6 Å². The lowest BCUT2D eigenvalue weighted by molar-refractivity contribution is 0.0595. The molecule has 0 bridgehead atoms. The lowest BCUT2D eigenvalue weighted by atomic mass is 10.1. The number of carbonyl (C=O) groups excluding carboxylic acids is 1. The molecule has 0 saturated carbocycles. The number of carbonyl (C=O) groups is 1. The van der Waals surface area contributed by atoms with Gasteiger partial charge < -0.3 is 10.1 Å². The van der Waals surface area contributed by atoms with Crippen molar-refractivity contribution < 1.29 is 18.3 Å². The SMILES string of the molecule is COC(=O)c1ccc(CNc2cccc(Cl)c2F)cc1F. The fraction of sp³-hybridized carbons (Fsp3) is 0.133. The van der Waals surface area contributed by atoms with E-state index in [9.17, 15) is 13.6 Å². The molecule has 0 aliphatic rings. The van der Waals surface area contributed by atoms with Crippen molar-refractivity contribution in [1.82, 2.24) is 0 Å². The van der Waals surface area contributed by atoms with E-state index in [1.54, 1.807) is 12.1 Å². The highest BCUT2D eigenvalue weighted by atomic mass is 35.5. The Labute approximate surface area is 125 Å². The number of anilines is 1. The molecule has 2 aromatic rings. The molecule has 110 valence electrons. The minimum Gasteiger partial charge on any atom is -0.465 e. The number of esters is 1. The van der Waals surface area contributed by atoms with Gasteiger partial charge in [0.25, 0.3) is 0 Å². The number of hydrogen-bond acceptors (Lipinski definition) is 3. The van der Waals surface area contributed by atoms with Gasteiger partial charge in [0.2, 0.25) is 0 Å². The molecule has 6 heteroatoms. The second-order valence-electron chi connectivity index (χ2n) is 4.26. The Bertz CT molecular complexity index is 677. The monoisotopic (exact) mass is 311 g/mol.